The van der Waals surface area contributed by atoms with Crippen LogP contribution in [0.15, 0.2) is 41.1 Å². The number of fused-ring (bicyclic) bond motifs is 2. The fourth-order valence-corrected chi connectivity index (χ4v) is 3.29. The molecule has 128 valence electrons. The van der Waals surface area contributed by atoms with Crippen molar-refractivity contribution < 1.29 is 19.2 Å². The van der Waals surface area contributed by atoms with E-state index >= 15 is 0 Å². The quantitative estimate of drug-likeness (QED) is 0.495. The molecule has 0 amide bonds. The van der Waals surface area contributed by atoms with Crippen LogP contribution in [0.25, 0.3) is 11.0 Å². The molecule has 1 aliphatic rings. The number of carbonyl (C=O) groups excluding carboxylic acids is 1. The maximum Gasteiger partial charge on any atom is 0.376 e. The highest BCUT2D eigenvalue weighted by molar-refractivity contribution is 6.05. The Hall–Kier alpha value is -2.90. The molecule has 2 heterocycles. The summed E-state index contributed by atoms with van der Waals surface area (Å²) in [5, 5.41) is 13.2. The van der Waals surface area contributed by atoms with Crippen molar-refractivity contribution in [2.45, 2.75) is 18.9 Å². The molecule has 2 aromatic heterocycles. The summed E-state index contributed by atoms with van der Waals surface area (Å²) < 4.78 is 10.4. The Morgan fingerprint density at radius 1 is 1.40 bits per heavy atom. The van der Waals surface area contributed by atoms with Crippen LogP contribution in [0, 0.1) is 0 Å². The number of hydrogen-bond donors (Lipinski definition) is 3. The van der Waals surface area contributed by atoms with E-state index < -0.39 is 5.97 Å². The van der Waals surface area contributed by atoms with Crippen LogP contribution in [0.1, 0.15) is 34.1 Å². The molecule has 1 unspecified atom stereocenters. The lowest BCUT2D eigenvalue weighted by Crippen LogP contribution is -2.13. The number of anilines is 2. The summed E-state index contributed by atoms with van der Waals surface area (Å²) in [5.41, 5.74) is 6.48. The van der Waals surface area contributed by atoms with Crippen molar-refractivity contribution in [2.24, 2.45) is 0 Å². The van der Waals surface area contributed by atoms with E-state index in [4.69, 9.17) is 9.15 Å². The third-order valence-corrected chi connectivity index (χ3v) is 4.51. The number of carbonyl (C=O) groups is 1. The number of aromatic nitrogens is 1. The maximum atomic E-state index is 12.1. The number of hydrogen-bond acceptors (Lipinski definition) is 7. The molecule has 25 heavy (non-hydrogen) atoms. The van der Waals surface area contributed by atoms with Crippen LogP contribution in [0.4, 0.5) is 11.4 Å². The van der Waals surface area contributed by atoms with Gasteiger partial charge >= 0.3 is 5.97 Å². The second kappa shape index (κ2) is 6.19. The number of aryl methyl sites for hydroxylation is 1. The molecule has 3 aromatic rings. The van der Waals surface area contributed by atoms with E-state index in [9.17, 15) is 10.0 Å². The average molecular weight is 339 g/mol. The molecule has 0 fully saturated rings. The summed E-state index contributed by atoms with van der Waals surface area (Å²) in [6.45, 7) is 0. The van der Waals surface area contributed by atoms with E-state index in [1.54, 1.807) is 18.5 Å². The van der Waals surface area contributed by atoms with Crippen LogP contribution in [0.2, 0.25) is 0 Å². The summed E-state index contributed by atoms with van der Waals surface area (Å²) in [5.74, 6) is -0.440. The molecule has 0 saturated heterocycles. The number of ether oxygens (including phenoxy) is 1. The number of pyridine rings is 1. The highest BCUT2D eigenvalue weighted by Gasteiger charge is 2.24. The molecule has 0 saturated carbocycles. The van der Waals surface area contributed by atoms with Crippen molar-refractivity contribution in [3.63, 3.8) is 0 Å². The highest BCUT2D eigenvalue weighted by Crippen LogP contribution is 2.36. The Morgan fingerprint density at radius 3 is 3.08 bits per heavy atom. The molecule has 0 bridgehead atoms. The number of rotatable bonds is 4. The second-order valence-corrected chi connectivity index (χ2v) is 5.93. The summed E-state index contributed by atoms with van der Waals surface area (Å²) in [6.07, 6.45) is 4.93. The van der Waals surface area contributed by atoms with Gasteiger partial charge in [0.15, 0.2) is 5.58 Å². The van der Waals surface area contributed by atoms with E-state index in [-0.39, 0.29) is 11.8 Å². The number of furan rings is 1. The second-order valence-electron chi connectivity index (χ2n) is 5.93. The molecule has 0 aliphatic heterocycles. The van der Waals surface area contributed by atoms with Crippen LogP contribution in [0.3, 0.4) is 0 Å². The van der Waals surface area contributed by atoms with Crippen LogP contribution >= 0.6 is 0 Å². The molecule has 7 nitrogen and oxygen atoms in total. The van der Waals surface area contributed by atoms with Crippen molar-refractivity contribution >= 4 is 28.3 Å². The maximum absolute atomic E-state index is 12.1. The Labute approximate surface area is 143 Å². The lowest BCUT2D eigenvalue weighted by Gasteiger charge is -2.11. The van der Waals surface area contributed by atoms with Gasteiger partial charge in [0.05, 0.1) is 19.3 Å². The van der Waals surface area contributed by atoms with Crippen molar-refractivity contribution in [1.82, 2.24) is 10.5 Å². The number of esters is 1. The Morgan fingerprint density at radius 2 is 2.28 bits per heavy atom. The summed E-state index contributed by atoms with van der Waals surface area (Å²) in [6, 6.07) is 7.66. The van der Waals surface area contributed by atoms with Crippen LogP contribution in [0.5, 0.6) is 0 Å². The minimum absolute atomic E-state index is 0.0319. The summed E-state index contributed by atoms with van der Waals surface area (Å²) >= 11 is 0. The van der Waals surface area contributed by atoms with Crippen LogP contribution in [-0.2, 0) is 11.2 Å². The first kappa shape index (κ1) is 15.6. The first-order valence-corrected chi connectivity index (χ1v) is 7.95. The van der Waals surface area contributed by atoms with E-state index in [0.29, 0.717) is 11.3 Å². The smallest absolute Gasteiger partial charge is 0.376 e. The molecule has 0 radical (unpaired) electrons. The first-order chi connectivity index (χ1) is 12.2. The van der Waals surface area contributed by atoms with Gasteiger partial charge in [-0.05, 0) is 42.2 Å². The monoisotopic (exact) mass is 339 g/mol. The van der Waals surface area contributed by atoms with Gasteiger partial charge in [-0.15, -0.1) is 0 Å². The number of nitrogens with zero attached hydrogens (tertiary/aromatic N) is 1. The van der Waals surface area contributed by atoms with Crippen LogP contribution in [-0.4, -0.2) is 23.3 Å². The standard InChI is InChI=1S/C18H17N3O4/c1-24-18(22)17-16(13-6-7-19-9-15(13)25-17)20-11-3-4-12-10(8-11)2-5-14(12)21-23/h3-4,6-9,14,20-21,23H,2,5H2,1H3. The van der Waals surface area contributed by atoms with E-state index in [0.717, 1.165) is 35.0 Å². The largest absolute Gasteiger partial charge is 0.463 e. The number of hydroxylamine groups is 1. The van der Waals surface area contributed by atoms with Gasteiger partial charge in [0.2, 0.25) is 5.76 Å². The molecular formula is C18H17N3O4. The average Bonchev–Trinajstić information content (AvgIpc) is 3.22. The van der Waals surface area contributed by atoms with Gasteiger partial charge in [-0.3, -0.25) is 4.98 Å². The summed E-state index contributed by atoms with van der Waals surface area (Å²) in [4.78, 5) is 16.1. The van der Waals surface area contributed by atoms with Crippen LogP contribution < -0.4 is 10.8 Å². The van der Waals surface area contributed by atoms with Crippen molar-refractivity contribution in [2.75, 3.05) is 12.4 Å². The zero-order valence-corrected chi connectivity index (χ0v) is 13.6. The fraction of sp³-hybridized carbons (Fsp3) is 0.222. The SMILES string of the molecule is COC(=O)c1oc2cnccc2c1Nc1ccc2c(c1)CCC2NO. The van der Waals surface area contributed by atoms with Crippen molar-refractivity contribution in [1.29, 1.82) is 0 Å². The Balaban J connectivity index is 1.75. The first-order valence-electron chi connectivity index (χ1n) is 7.95. The third kappa shape index (κ3) is 2.63. The highest BCUT2D eigenvalue weighted by atomic mass is 16.5. The number of methoxy groups -OCH3 is 1. The van der Waals surface area contributed by atoms with Crippen molar-refractivity contribution in [3.8, 4) is 0 Å². The molecule has 3 N–H and O–H groups in total. The minimum atomic E-state index is -0.551. The molecule has 0 spiro atoms. The summed E-state index contributed by atoms with van der Waals surface area (Å²) in [7, 11) is 1.31. The normalized spacial score (nSPS) is 16.0. The predicted molar refractivity (Wildman–Crippen MR) is 91.1 cm³/mol. The molecule has 7 heteroatoms. The van der Waals surface area contributed by atoms with Gasteiger partial charge in [0.1, 0.15) is 5.69 Å². The predicted octanol–water partition coefficient (Wildman–Crippen LogP) is 3.32. The topological polar surface area (TPSA) is 96.6 Å². The van der Waals surface area contributed by atoms with E-state index in [1.165, 1.54) is 7.11 Å². The number of nitrogens with one attached hydrogen (secondary N) is 2. The molecule has 4 rings (SSSR count). The van der Waals surface area contributed by atoms with Gasteiger partial charge in [-0.1, -0.05) is 6.07 Å². The van der Waals surface area contributed by atoms with Gasteiger partial charge in [-0.2, -0.15) is 5.48 Å². The zero-order chi connectivity index (χ0) is 17.4. The zero-order valence-electron chi connectivity index (χ0n) is 13.6. The van der Waals surface area contributed by atoms with Gasteiger partial charge in [0, 0.05) is 17.3 Å². The molecule has 1 aromatic carbocycles. The van der Waals surface area contributed by atoms with Crippen molar-refractivity contribution in [3.05, 3.63) is 53.5 Å². The fourth-order valence-electron chi connectivity index (χ4n) is 3.29. The van der Waals surface area contributed by atoms with Gasteiger partial charge in [0.25, 0.3) is 0 Å². The van der Waals surface area contributed by atoms with E-state index in [2.05, 4.69) is 15.8 Å². The molecule has 1 aliphatic carbocycles. The number of benzene rings is 1. The lowest BCUT2D eigenvalue weighted by atomic mass is 10.1. The Kier molecular flexibility index (Phi) is 3.87. The van der Waals surface area contributed by atoms with Gasteiger partial charge in [-0.25, -0.2) is 4.79 Å². The third-order valence-electron chi connectivity index (χ3n) is 4.51. The Bertz CT molecular complexity index is 951. The minimum Gasteiger partial charge on any atom is -0.463 e. The molecular weight excluding hydrogens is 322 g/mol. The molecule has 1 atom stereocenters. The lowest BCUT2D eigenvalue weighted by molar-refractivity contribution is 0.0569. The van der Waals surface area contributed by atoms with Gasteiger partial charge < -0.3 is 19.7 Å². The van der Waals surface area contributed by atoms with E-state index in [1.807, 2.05) is 18.2 Å².